The van der Waals surface area contributed by atoms with Gasteiger partial charge in [-0.2, -0.15) is 5.01 Å². The summed E-state index contributed by atoms with van der Waals surface area (Å²) >= 11 is 12.4. The van der Waals surface area contributed by atoms with Crippen molar-refractivity contribution in [3.63, 3.8) is 0 Å². The molecule has 3 heterocycles. The Balaban J connectivity index is 1.58. The predicted molar refractivity (Wildman–Crippen MR) is 108 cm³/mol. The molecule has 0 aliphatic carbocycles. The van der Waals surface area contributed by atoms with Gasteiger partial charge in [-0.1, -0.05) is 35.3 Å². The van der Waals surface area contributed by atoms with E-state index in [2.05, 4.69) is 23.6 Å². The summed E-state index contributed by atoms with van der Waals surface area (Å²) in [6.45, 7) is 2.17. The molecule has 1 atom stereocenters. The molecule has 140 valence electrons. The van der Waals surface area contributed by atoms with Crippen LogP contribution < -0.4 is 15.1 Å². The van der Waals surface area contributed by atoms with Gasteiger partial charge in [-0.05, 0) is 42.0 Å². The summed E-state index contributed by atoms with van der Waals surface area (Å²) in [6.07, 6.45) is 4.23. The van der Waals surface area contributed by atoms with Crippen molar-refractivity contribution < 1.29 is 9.64 Å². The number of ether oxygens (including phenoxy) is 1. The molecule has 0 saturated carbocycles. The van der Waals surface area contributed by atoms with Gasteiger partial charge in [0.1, 0.15) is 5.75 Å². The van der Waals surface area contributed by atoms with Gasteiger partial charge in [0.05, 0.1) is 44.7 Å². The molecule has 0 radical (unpaired) electrons. The zero-order valence-electron chi connectivity index (χ0n) is 15.1. The monoisotopic (exact) mass is 402 g/mol. The first-order valence-corrected chi connectivity index (χ1v) is 10.1. The second-order valence-corrected chi connectivity index (χ2v) is 8.57. The highest BCUT2D eigenvalue weighted by Gasteiger charge is 2.52. The lowest BCUT2D eigenvalue weighted by atomic mass is 9.93. The van der Waals surface area contributed by atoms with Crippen molar-refractivity contribution in [1.82, 2.24) is 10.4 Å². The first kappa shape index (κ1) is 17.4. The minimum atomic E-state index is -0.338. The Morgan fingerprint density at radius 2 is 1.78 bits per heavy atom. The Hall–Kier alpha value is -1.72. The molecule has 0 bridgehead atoms. The number of piperidine rings is 1. The second kappa shape index (κ2) is 6.42. The van der Waals surface area contributed by atoms with Crippen LogP contribution in [0.5, 0.6) is 5.75 Å². The lowest BCUT2D eigenvalue weighted by Gasteiger charge is -2.50. The Morgan fingerprint density at radius 1 is 1.07 bits per heavy atom. The minimum absolute atomic E-state index is 0.0940. The molecule has 1 fully saturated rings. The van der Waals surface area contributed by atoms with Gasteiger partial charge < -0.3 is 15.1 Å². The maximum Gasteiger partial charge on any atom is 0.191 e. The number of nitrogens with one attached hydrogen (secondary N) is 2. The van der Waals surface area contributed by atoms with E-state index in [4.69, 9.17) is 27.9 Å². The normalized spacial score (nSPS) is 29.5. The molecule has 3 aliphatic rings. The van der Waals surface area contributed by atoms with Crippen LogP contribution >= 0.6 is 23.2 Å². The summed E-state index contributed by atoms with van der Waals surface area (Å²) in [5.74, 6) is 0.940. The van der Waals surface area contributed by atoms with Gasteiger partial charge in [0, 0.05) is 15.6 Å². The van der Waals surface area contributed by atoms with Gasteiger partial charge in [0.25, 0.3) is 0 Å². The van der Waals surface area contributed by atoms with Crippen molar-refractivity contribution in [2.75, 3.05) is 20.1 Å². The van der Waals surface area contributed by atoms with Crippen molar-refractivity contribution >= 4 is 28.9 Å². The van der Waals surface area contributed by atoms with Crippen LogP contribution in [-0.4, -0.2) is 30.9 Å². The molecule has 0 unspecified atom stereocenters. The van der Waals surface area contributed by atoms with Crippen molar-refractivity contribution in [1.29, 1.82) is 0 Å². The van der Waals surface area contributed by atoms with Crippen molar-refractivity contribution in [2.45, 2.75) is 24.6 Å². The van der Waals surface area contributed by atoms with E-state index in [-0.39, 0.29) is 11.8 Å². The zero-order valence-corrected chi connectivity index (χ0v) is 16.6. The Kier molecular flexibility index (Phi) is 4.13. The minimum Gasteiger partial charge on any atom is -0.470 e. The quantitative estimate of drug-likeness (QED) is 0.766. The number of likely N-dealkylation sites (tertiary alicyclic amines) is 1. The number of rotatable bonds is 1. The predicted octanol–water partition coefficient (Wildman–Crippen LogP) is 3.29. The molecule has 4 nitrogen and oxygen atoms in total. The third-order valence-corrected chi connectivity index (χ3v) is 6.40. The standard InChI is InChI=1S/C21H21Cl2N3O/c1-25-10-8-21(9-11-25)26-19(17-12-16(23)6-7-20(17)27-21)13-18(24-26)14-2-4-15(22)5-3-14/h2-7,12-13,19,24H,8-11H2,1H3/p+1/t19-/m1/s1. The molecule has 2 aromatic rings. The van der Waals surface area contributed by atoms with E-state index in [1.54, 1.807) is 4.90 Å². The maximum atomic E-state index is 6.62. The Labute approximate surface area is 169 Å². The average molecular weight is 403 g/mol. The Bertz CT molecular complexity index is 904. The topological polar surface area (TPSA) is 28.9 Å². The number of quaternary nitrogens is 1. The van der Waals surface area contributed by atoms with Crippen LogP contribution in [0.4, 0.5) is 0 Å². The molecule has 1 spiro atoms. The maximum absolute atomic E-state index is 6.62. The summed E-state index contributed by atoms with van der Waals surface area (Å²) < 4.78 is 6.62. The SMILES string of the molecule is C[NH+]1CCC2(CC1)Oc1ccc(Cl)cc1[C@H]1C=C(c3ccc(Cl)cc3)NN12. The molecular weight excluding hydrogens is 381 g/mol. The molecular formula is C21H22Cl2N3O+. The number of benzene rings is 2. The van der Waals surface area contributed by atoms with Crippen LogP contribution in [0.3, 0.4) is 0 Å². The third-order valence-electron chi connectivity index (χ3n) is 5.91. The third kappa shape index (κ3) is 2.92. The smallest absolute Gasteiger partial charge is 0.191 e. The first-order valence-electron chi connectivity index (χ1n) is 9.38. The van der Waals surface area contributed by atoms with E-state index < -0.39 is 0 Å². The summed E-state index contributed by atoms with van der Waals surface area (Å²) in [5.41, 5.74) is 6.61. The van der Waals surface area contributed by atoms with E-state index >= 15 is 0 Å². The van der Waals surface area contributed by atoms with Gasteiger partial charge in [0.15, 0.2) is 5.72 Å². The summed E-state index contributed by atoms with van der Waals surface area (Å²) in [5, 5.41) is 3.77. The van der Waals surface area contributed by atoms with Crippen LogP contribution in [0, 0.1) is 0 Å². The number of nitrogens with zero attached hydrogens (tertiary/aromatic N) is 1. The molecule has 1 saturated heterocycles. The molecule has 2 aromatic carbocycles. The fourth-order valence-electron chi connectivity index (χ4n) is 4.35. The highest BCUT2D eigenvalue weighted by molar-refractivity contribution is 6.31. The van der Waals surface area contributed by atoms with E-state index in [1.165, 1.54) is 0 Å². The van der Waals surface area contributed by atoms with Crippen molar-refractivity contribution in [3.05, 3.63) is 69.7 Å². The lowest BCUT2D eigenvalue weighted by Crippen LogP contribution is -3.11. The van der Waals surface area contributed by atoms with Crippen LogP contribution in [0.2, 0.25) is 10.0 Å². The highest BCUT2D eigenvalue weighted by Crippen LogP contribution is 2.48. The van der Waals surface area contributed by atoms with Gasteiger partial charge in [-0.15, -0.1) is 0 Å². The fourth-order valence-corrected chi connectivity index (χ4v) is 4.66. The largest absolute Gasteiger partial charge is 0.470 e. The van der Waals surface area contributed by atoms with Gasteiger partial charge >= 0.3 is 0 Å². The zero-order chi connectivity index (χ0) is 18.6. The molecule has 2 N–H and O–H groups in total. The van der Waals surface area contributed by atoms with Gasteiger partial charge in [-0.25, -0.2) is 0 Å². The second-order valence-electron chi connectivity index (χ2n) is 7.70. The highest BCUT2D eigenvalue weighted by atomic mass is 35.5. The molecule has 3 aliphatic heterocycles. The average Bonchev–Trinajstić information content (AvgIpc) is 3.12. The van der Waals surface area contributed by atoms with E-state index in [0.717, 1.165) is 58.5 Å². The van der Waals surface area contributed by atoms with Crippen molar-refractivity contribution in [2.24, 2.45) is 0 Å². The number of fused-ring (bicyclic) bond motifs is 4. The molecule has 27 heavy (non-hydrogen) atoms. The van der Waals surface area contributed by atoms with Crippen LogP contribution in [0.1, 0.15) is 30.0 Å². The van der Waals surface area contributed by atoms with Crippen molar-refractivity contribution in [3.8, 4) is 5.75 Å². The molecule has 5 rings (SSSR count). The van der Waals surface area contributed by atoms with Gasteiger partial charge in [-0.3, -0.25) is 0 Å². The van der Waals surface area contributed by atoms with Crippen LogP contribution in [-0.2, 0) is 0 Å². The molecule has 0 amide bonds. The fraction of sp³-hybridized carbons (Fsp3) is 0.333. The number of hydrogen-bond donors (Lipinski definition) is 2. The van der Waals surface area contributed by atoms with Gasteiger partial charge in [0.2, 0.25) is 0 Å². The summed E-state index contributed by atoms with van der Waals surface area (Å²) in [6, 6.07) is 14.0. The summed E-state index contributed by atoms with van der Waals surface area (Å²) in [4.78, 5) is 1.55. The summed E-state index contributed by atoms with van der Waals surface area (Å²) in [7, 11) is 2.25. The van der Waals surface area contributed by atoms with E-state index in [1.807, 2.05) is 42.5 Å². The number of halogens is 2. The number of hydrazine groups is 1. The van der Waals surface area contributed by atoms with E-state index in [9.17, 15) is 0 Å². The number of hydrogen-bond acceptors (Lipinski definition) is 3. The molecule has 6 heteroatoms. The van der Waals surface area contributed by atoms with E-state index in [0.29, 0.717) is 0 Å². The van der Waals surface area contributed by atoms with Crippen LogP contribution in [0.15, 0.2) is 48.5 Å². The van der Waals surface area contributed by atoms with Crippen LogP contribution in [0.25, 0.3) is 5.70 Å². The Morgan fingerprint density at radius 3 is 2.52 bits per heavy atom. The molecule has 0 aromatic heterocycles. The first-order chi connectivity index (χ1) is 13.0. The lowest BCUT2D eigenvalue weighted by molar-refractivity contribution is -0.888.